The van der Waals surface area contributed by atoms with Gasteiger partial charge in [-0.2, -0.15) is 0 Å². The molecule has 1 heterocycles. The summed E-state index contributed by atoms with van der Waals surface area (Å²) < 4.78 is 0. The molecule has 0 spiro atoms. The summed E-state index contributed by atoms with van der Waals surface area (Å²) in [5.41, 5.74) is 3.32. The molecule has 0 saturated carbocycles. The highest BCUT2D eigenvalue weighted by atomic mass is 16.3. The Kier molecular flexibility index (Phi) is 3.60. The zero-order chi connectivity index (χ0) is 12.1. The normalized spacial score (nSPS) is 10.2. The predicted molar refractivity (Wildman–Crippen MR) is 69.0 cm³/mol. The molecule has 0 aliphatic carbocycles. The van der Waals surface area contributed by atoms with Crippen molar-refractivity contribution in [1.82, 2.24) is 4.98 Å². The first-order valence-electron chi connectivity index (χ1n) is 5.74. The van der Waals surface area contributed by atoms with Crippen LogP contribution in [0, 0.1) is 0 Å². The summed E-state index contributed by atoms with van der Waals surface area (Å²) in [6, 6.07) is 11.8. The van der Waals surface area contributed by atoms with Gasteiger partial charge in [0.25, 0.3) is 0 Å². The average Bonchev–Trinajstić information content (AvgIpc) is 2.38. The predicted octanol–water partition coefficient (Wildman–Crippen LogP) is 2.96. The number of aryl methyl sites for hydroxylation is 1. The minimum absolute atomic E-state index is 0.196. The highest BCUT2D eigenvalue weighted by molar-refractivity contribution is 5.46. The van der Waals surface area contributed by atoms with Gasteiger partial charge < -0.3 is 10.4 Å². The number of pyridine rings is 1. The Bertz CT molecular complexity index is 480. The Labute approximate surface area is 101 Å². The van der Waals surface area contributed by atoms with Gasteiger partial charge in [0, 0.05) is 5.69 Å². The number of hydrogen-bond donors (Lipinski definition) is 2. The third kappa shape index (κ3) is 3.21. The largest absolute Gasteiger partial charge is 0.506 e. The maximum atomic E-state index is 9.13. The van der Waals surface area contributed by atoms with Crippen molar-refractivity contribution in [3.8, 4) is 5.75 Å². The van der Waals surface area contributed by atoms with Gasteiger partial charge in [0.05, 0.1) is 18.4 Å². The van der Waals surface area contributed by atoms with Gasteiger partial charge in [0.2, 0.25) is 0 Å². The van der Waals surface area contributed by atoms with Crippen molar-refractivity contribution in [2.75, 3.05) is 5.32 Å². The Balaban J connectivity index is 1.99. The molecular formula is C14H16N2O. The monoisotopic (exact) mass is 228 g/mol. The number of nitrogens with one attached hydrogen (secondary N) is 1. The molecule has 3 nitrogen and oxygen atoms in total. The standard InChI is InChI=1S/C14H16N2O/c1-2-11-4-3-5-12(8-11)15-9-13-6-7-14(17)10-16-13/h3-8,10,15,17H,2,9H2,1H3. The second kappa shape index (κ2) is 5.34. The van der Waals surface area contributed by atoms with Gasteiger partial charge in [-0.15, -0.1) is 0 Å². The molecule has 17 heavy (non-hydrogen) atoms. The fraction of sp³-hybridized carbons (Fsp3) is 0.214. The Morgan fingerprint density at radius 2 is 2.12 bits per heavy atom. The Hall–Kier alpha value is -2.03. The lowest BCUT2D eigenvalue weighted by molar-refractivity contribution is 0.472. The summed E-state index contributed by atoms with van der Waals surface area (Å²) in [6.45, 7) is 2.80. The summed E-state index contributed by atoms with van der Waals surface area (Å²) >= 11 is 0. The molecule has 0 radical (unpaired) electrons. The zero-order valence-corrected chi connectivity index (χ0v) is 9.85. The van der Waals surface area contributed by atoms with E-state index >= 15 is 0 Å². The van der Waals surface area contributed by atoms with Crippen molar-refractivity contribution in [2.45, 2.75) is 19.9 Å². The molecule has 2 rings (SSSR count). The van der Waals surface area contributed by atoms with Crippen molar-refractivity contribution in [3.05, 3.63) is 53.9 Å². The molecule has 0 atom stereocenters. The maximum absolute atomic E-state index is 9.13. The van der Waals surface area contributed by atoms with Crippen LogP contribution in [-0.2, 0) is 13.0 Å². The number of rotatable bonds is 4. The van der Waals surface area contributed by atoms with Crippen molar-refractivity contribution in [1.29, 1.82) is 0 Å². The van der Waals surface area contributed by atoms with Crippen LogP contribution in [0.5, 0.6) is 5.75 Å². The van der Waals surface area contributed by atoms with Gasteiger partial charge >= 0.3 is 0 Å². The van der Waals surface area contributed by atoms with Crippen LogP contribution in [0.4, 0.5) is 5.69 Å². The first-order valence-corrected chi connectivity index (χ1v) is 5.74. The van der Waals surface area contributed by atoms with Crippen molar-refractivity contribution < 1.29 is 5.11 Å². The number of nitrogens with zero attached hydrogens (tertiary/aromatic N) is 1. The van der Waals surface area contributed by atoms with E-state index in [1.54, 1.807) is 6.07 Å². The van der Waals surface area contributed by atoms with E-state index in [4.69, 9.17) is 5.11 Å². The highest BCUT2D eigenvalue weighted by Gasteiger charge is 1.97. The number of hydrogen-bond acceptors (Lipinski definition) is 3. The Morgan fingerprint density at radius 1 is 1.24 bits per heavy atom. The van der Waals surface area contributed by atoms with E-state index in [1.165, 1.54) is 11.8 Å². The summed E-state index contributed by atoms with van der Waals surface area (Å²) in [6.07, 6.45) is 2.49. The Morgan fingerprint density at radius 3 is 2.82 bits per heavy atom. The lowest BCUT2D eigenvalue weighted by Crippen LogP contribution is -2.01. The first kappa shape index (κ1) is 11.5. The molecule has 0 unspecified atom stereocenters. The average molecular weight is 228 g/mol. The van der Waals surface area contributed by atoms with E-state index in [-0.39, 0.29) is 5.75 Å². The number of anilines is 1. The third-order valence-electron chi connectivity index (χ3n) is 2.62. The summed E-state index contributed by atoms with van der Waals surface area (Å²) in [5, 5.41) is 12.4. The summed E-state index contributed by atoms with van der Waals surface area (Å²) in [5.74, 6) is 0.196. The van der Waals surface area contributed by atoms with E-state index in [2.05, 4.69) is 29.4 Å². The van der Waals surface area contributed by atoms with Crippen LogP contribution in [0.3, 0.4) is 0 Å². The zero-order valence-electron chi connectivity index (χ0n) is 9.85. The number of aromatic nitrogens is 1. The minimum atomic E-state index is 0.196. The van der Waals surface area contributed by atoms with Crippen LogP contribution in [0.2, 0.25) is 0 Å². The van der Waals surface area contributed by atoms with Crippen LogP contribution in [0.25, 0.3) is 0 Å². The van der Waals surface area contributed by atoms with Gasteiger partial charge in [-0.25, -0.2) is 0 Å². The van der Waals surface area contributed by atoms with Gasteiger partial charge in [-0.3, -0.25) is 4.98 Å². The molecule has 0 amide bonds. The molecule has 0 fully saturated rings. The molecule has 1 aromatic heterocycles. The second-order valence-corrected chi connectivity index (χ2v) is 3.92. The molecule has 0 bridgehead atoms. The minimum Gasteiger partial charge on any atom is -0.506 e. The molecule has 0 aliphatic heterocycles. The van der Waals surface area contributed by atoms with Crippen molar-refractivity contribution in [3.63, 3.8) is 0 Å². The third-order valence-corrected chi connectivity index (χ3v) is 2.62. The molecule has 0 saturated heterocycles. The lowest BCUT2D eigenvalue weighted by atomic mass is 10.1. The first-order chi connectivity index (χ1) is 8.28. The summed E-state index contributed by atoms with van der Waals surface area (Å²) in [4.78, 5) is 4.12. The SMILES string of the molecule is CCc1cccc(NCc2ccc(O)cn2)c1. The molecule has 1 aromatic carbocycles. The van der Waals surface area contributed by atoms with Gasteiger partial charge in [0.1, 0.15) is 5.75 Å². The van der Waals surface area contributed by atoms with Crippen molar-refractivity contribution in [2.24, 2.45) is 0 Å². The summed E-state index contributed by atoms with van der Waals surface area (Å²) in [7, 11) is 0. The van der Waals surface area contributed by atoms with E-state index < -0.39 is 0 Å². The van der Waals surface area contributed by atoms with Crippen molar-refractivity contribution >= 4 is 5.69 Å². The fourth-order valence-corrected chi connectivity index (χ4v) is 1.62. The second-order valence-electron chi connectivity index (χ2n) is 3.92. The van der Waals surface area contributed by atoms with Gasteiger partial charge in [-0.1, -0.05) is 19.1 Å². The topological polar surface area (TPSA) is 45.1 Å². The van der Waals surface area contributed by atoms with E-state index in [9.17, 15) is 0 Å². The molecular weight excluding hydrogens is 212 g/mol. The highest BCUT2D eigenvalue weighted by Crippen LogP contribution is 2.13. The number of benzene rings is 1. The maximum Gasteiger partial charge on any atom is 0.133 e. The van der Waals surface area contributed by atoms with Crippen LogP contribution in [-0.4, -0.2) is 10.1 Å². The van der Waals surface area contributed by atoms with Gasteiger partial charge in [-0.05, 0) is 36.2 Å². The van der Waals surface area contributed by atoms with Gasteiger partial charge in [0.15, 0.2) is 0 Å². The van der Waals surface area contributed by atoms with E-state index in [0.29, 0.717) is 6.54 Å². The molecule has 88 valence electrons. The van der Waals surface area contributed by atoms with E-state index in [1.807, 2.05) is 18.2 Å². The molecule has 2 N–H and O–H groups in total. The lowest BCUT2D eigenvalue weighted by Gasteiger charge is -2.07. The van der Waals surface area contributed by atoms with Crippen LogP contribution in [0.15, 0.2) is 42.6 Å². The molecule has 3 heteroatoms. The fourth-order valence-electron chi connectivity index (χ4n) is 1.62. The van der Waals surface area contributed by atoms with Crippen LogP contribution in [0.1, 0.15) is 18.2 Å². The molecule has 0 aliphatic rings. The quantitative estimate of drug-likeness (QED) is 0.845. The number of aromatic hydroxyl groups is 1. The van der Waals surface area contributed by atoms with Crippen LogP contribution >= 0.6 is 0 Å². The van der Waals surface area contributed by atoms with Crippen LogP contribution < -0.4 is 5.32 Å². The van der Waals surface area contributed by atoms with E-state index in [0.717, 1.165) is 17.8 Å². The smallest absolute Gasteiger partial charge is 0.133 e. The molecule has 2 aromatic rings.